The Hall–Kier alpha value is -2.08. The number of anilines is 1. The third kappa shape index (κ3) is 3.72. The second-order valence-corrected chi connectivity index (χ2v) is 6.15. The molecule has 2 rings (SSSR count). The van der Waals surface area contributed by atoms with Crippen LogP contribution in [0.5, 0.6) is 0 Å². The minimum absolute atomic E-state index is 0.0606. The van der Waals surface area contributed by atoms with Crippen molar-refractivity contribution < 1.29 is 4.92 Å². The molecule has 0 fully saturated rings. The van der Waals surface area contributed by atoms with E-state index in [-0.39, 0.29) is 16.2 Å². The van der Waals surface area contributed by atoms with Crippen LogP contribution in [0.25, 0.3) is 0 Å². The molecule has 6 nitrogen and oxygen atoms in total. The van der Waals surface area contributed by atoms with Crippen molar-refractivity contribution in [2.75, 3.05) is 5.32 Å². The van der Waals surface area contributed by atoms with Crippen molar-refractivity contribution in [3.05, 3.63) is 51.3 Å². The summed E-state index contributed by atoms with van der Waals surface area (Å²) in [5.74, 6) is 0. The number of rotatable bonds is 4. The highest BCUT2D eigenvalue weighted by Crippen LogP contribution is 2.27. The third-order valence-electron chi connectivity index (χ3n) is 2.96. The third-order valence-corrected chi connectivity index (χ3v) is 3.27. The quantitative estimate of drug-likeness (QED) is 0.688. The predicted molar refractivity (Wildman–Crippen MR) is 82.7 cm³/mol. The van der Waals surface area contributed by atoms with Gasteiger partial charge in [0.25, 0.3) is 5.69 Å². The van der Waals surface area contributed by atoms with Crippen LogP contribution in [-0.2, 0) is 12.1 Å². The van der Waals surface area contributed by atoms with Crippen LogP contribution in [0.1, 0.15) is 26.3 Å². The molecule has 1 aromatic carbocycles. The number of aromatic nitrogens is 2. The molecule has 0 spiro atoms. The van der Waals surface area contributed by atoms with E-state index in [1.54, 1.807) is 18.3 Å². The summed E-state index contributed by atoms with van der Waals surface area (Å²) in [5.41, 5.74) is 1.60. The molecule has 0 aliphatic heterocycles. The molecule has 112 valence electrons. The summed E-state index contributed by atoms with van der Waals surface area (Å²) in [6.07, 6.45) is 3.77. The van der Waals surface area contributed by atoms with Gasteiger partial charge in [0.15, 0.2) is 0 Å². The van der Waals surface area contributed by atoms with E-state index in [0.717, 1.165) is 11.3 Å². The highest BCUT2D eigenvalue weighted by atomic mass is 35.5. The Morgan fingerprint density at radius 2 is 2.14 bits per heavy atom. The van der Waals surface area contributed by atoms with E-state index in [1.165, 1.54) is 6.07 Å². The maximum atomic E-state index is 10.7. The number of nitro groups is 1. The van der Waals surface area contributed by atoms with Gasteiger partial charge in [-0.05, 0) is 32.9 Å². The van der Waals surface area contributed by atoms with Gasteiger partial charge in [-0.15, -0.1) is 0 Å². The summed E-state index contributed by atoms with van der Waals surface area (Å²) in [6, 6.07) is 4.58. The molecule has 0 bridgehead atoms. The van der Waals surface area contributed by atoms with Crippen LogP contribution < -0.4 is 5.32 Å². The SMILES string of the molecule is CC(C)(C)n1cc(CNc2ccc([N+](=O)[O-])c(Cl)c2)cn1. The summed E-state index contributed by atoms with van der Waals surface area (Å²) in [6.45, 7) is 6.80. The van der Waals surface area contributed by atoms with E-state index in [4.69, 9.17) is 11.6 Å². The summed E-state index contributed by atoms with van der Waals surface area (Å²) in [5, 5.41) is 18.3. The zero-order valence-electron chi connectivity index (χ0n) is 12.1. The maximum Gasteiger partial charge on any atom is 0.288 e. The molecule has 0 unspecified atom stereocenters. The molecule has 0 aliphatic carbocycles. The zero-order valence-corrected chi connectivity index (χ0v) is 12.9. The lowest BCUT2D eigenvalue weighted by atomic mass is 10.1. The predicted octanol–water partition coefficient (Wildman–Crippen LogP) is 3.81. The van der Waals surface area contributed by atoms with Gasteiger partial charge in [-0.1, -0.05) is 11.6 Å². The standard InChI is InChI=1S/C14H17ClN4O2/c1-14(2,3)18-9-10(8-17-18)7-16-11-4-5-13(19(20)21)12(15)6-11/h4-6,8-9,16H,7H2,1-3H3. The molecule has 0 radical (unpaired) electrons. The van der Waals surface area contributed by atoms with Crippen LogP contribution in [0.3, 0.4) is 0 Å². The monoisotopic (exact) mass is 308 g/mol. The van der Waals surface area contributed by atoms with Crippen molar-refractivity contribution in [3.8, 4) is 0 Å². The smallest absolute Gasteiger partial charge is 0.288 e. The number of halogens is 1. The van der Waals surface area contributed by atoms with Crippen LogP contribution in [0, 0.1) is 10.1 Å². The van der Waals surface area contributed by atoms with Gasteiger partial charge >= 0.3 is 0 Å². The lowest BCUT2D eigenvalue weighted by Crippen LogP contribution is -2.21. The van der Waals surface area contributed by atoms with Crippen molar-refractivity contribution in [2.45, 2.75) is 32.9 Å². The molecular formula is C14H17ClN4O2. The molecule has 0 saturated heterocycles. The molecular weight excluding hydrogens is 292 g/mol. The number of hydrogen-bond acceptors (Lipinski definition) is 4. The second kappa shape index (κ2) is 5.73. The fourth-order valence-corrected chi connectivity index (χ4v) is 2.04. The largest absolute Gasteiger partial charge is 0.381 e. The fourth-order valence-electron chi connectivity index (χ4n) is 1.79. The van der Waals surface area contributed by atoms with Gasteiger partial charge < -0.3 is 5.32 Å². The lowest BCUT2D eigenvalue weighted by molar-refractivity contribution is -0.384. The summed E-state index contributed by atoms with van der Waals surface area (Å²) in [7, 11) is 0. The molecule has 0 amide bonds. The Labute approximate surface area is 127 Å². The van der Waals surface area contributed by atoms with Crippen molar-refractivity contribution in [3.63, 3.8) is 0 Å². The van der Waals surface area contributed by atoms with Crippen LogP contribution in [0.15, 0.2) is 30.6 Å². The van der Waals surface area contributed by atoms with Crippen molar-refractivity contribution in [1.29, 1.82) is 0 Å². The van der Waals surface area contributed by atoms with E-state index in [2.05, 4.69) is 31.2 Å². The second-order valence-electron chi connectivity index (χ2n) is 5.74. The van der Waals surface area contributed by atoms with E-state index < -0.39 is 4.92 Å². The molecule has 0 atom stereocenters. The normalized spacial score (nSPS) is 11.4. The van der Waals surface area contributed by atoms with Gasteiger partial charge in [0.2, 0.25) is 0 Å². The van der Waals surface area contributed by atoms with E-state index >= 15 is 0 Å². The molecule has 0 aliphatic rings. The van der Waals surface area contributed by atoms with Gasteiger partial charge in [0.05, 0.1) is 16.7 Å². The highest BCUT2D eigenvalue weighted by Gasteiger charge is 2.14. The Morgan fingerprint density at radius 3 is 2.67 bits per heavy atom. The van der Waals surface area contributed by atoms with Crippen molar-refractivity contribution >= 4 is 23.0 Å². The van der Waals surface area contributed by atoms with Gasteiger partial charge in [0.1, 0.15) is 5.02 Å². The molecule has 7 heteroatoms. The first-order chi connectivity index (χ1) is 9.77. The van der Waals surface area contributed by atoms with Crippen LogP contribution in [-0.4, -0.2) is 14.7 Å². The molecule has 1 aromatic heterocycles. The average Bonchev–Trinajstić information content (AvgIpc) is 2.84. The maximum absolute atomic E-state index is 10.7. The number of benzene rings is 1. The summed E-state index contributed by atoms with van der Waals surface area (Å²) in [4.78, 5) is 10.2. The van der Waals surface area contributed by atoms with Gasteiger partial charge in [0, 0.05) is 30.1 Å². The van der Waals surface area contributed by atoms with Crippen LogP contribution in [0.2, 0.25) is 5.02 Å². The average molecular weight is 309 g/mol. The van der Waals surface area contributed by atoms with Crippen molar-refractivity contribution in [2.24, 2.45) is 0 Å². The minimum atomic E-state index is -0.501. The number of hydrogen-bond donors (Lipinski definition) is 1. The molecule has 1 heterocycles. The first kappa shape index (κ1) is 15.3. The first-order valence-electron chi connectivity index (χ1n) is 6.49. The fraction of sp³-hybridized carbons (Fsp3) is 0.357. The van der Waals surface area contributed by atoms with Crippen LogP contribution >= 0.6 is 11.6 Å². The summed E-state index contributed by atoms with van der Waals surface area (Å²) < 4.78 is 1.90. The van der Waals surface area contributed by atoms with Crippen LogP contribution in [0.4, 0.5) is 11.4 Å². The molecule has 21 heavy (non-hydrogen) atoms. The van der Waals surface area contributed by atoms with E-state index in [1.807, 2.05) is 10.9 Å². The van der Waals surface area contributed by atoms with Gasteiger partial charge in [-0.25, -0.2) is 0 Å². The zero-order chi connectivity index (χ0) is 15.6. The van der Waals surface area contributed by atoms with E-state index in [9.17, 15) is 10.1 Å². The number of nitrogens with zero attached hydrogens (tertiary/aromatic N) is 3. The van der Waals surface area contributed by atoms with Gasteiger partial charge in [-0.2, -0.15) is 5.10 Å². The number of nitro benzene ring substituents is 1. The Bertz CT molecular complexity index is 661. The highest BCUT2D eigenvalue weighted by molar-refractivity contribution is 6.32. The lowest BCUT2D eigenvalue weighted by Gasteiger charge is -2.18. The molecule has 2 aromatic rings. The minimum Gasteiger partial charge on any atom is -0.381 e. The Kier molecular flexibility index (Phi) is 4.18. The van der Waals surface area contributed by atoms with E-state index in [0.29, 0.717) is 6.54 Å². The van der Waals surface area contributed by atoms with Gasteiger partial charge in [-0.3, -0.25) is 14.8 Å². The molecule has 1 N–H and O–H groups in total. The van der Waals surface area contributed by atoms with Crippen molar-refractivity contribution in [1.82, 2.24) is 9.78 Å². The molecule has 0 saturated carbocycles. The topological polar surface area (TPSA) is 73.0 Å². The Morgan fingerprint density at radius 1 is 1.43 bits per heavy atom. The Balaban J connectivity index is 2.05. The number of nitrogens with one attached hydrogen (secondary N) is 1. The summed E-state index contributed by atoms with van der Waals surface area (Å²) >= 11 is 5.87. The first-order valence-corrected chi connectivity index (χ1v) is 6.87.